The molecule has 0 fully saturated rings. The molecule has 0 aliphatic heterocycles. The molecule has 0 bridgehead atoms. The van der Waals surface area contributed by atoms with Crippen LogP contribution in [0.25, 0.3) is 10.9 Å². The molecular formula is C23H19F2N3O4. The average Bonchev–Trinajstić information content (AvgIpc) is 3.18. The van der Waals surface area contributed by atoms with Gasteiger partial charge in [-0.3, -0.25) is 9.89 Å². The monoisotopic (exact) mass is 439 g/mol. The Morgan fingerprint density at radius 1 is 0.969 bits per heavy atom. The van der Waals surface area contributed by atoms with Gasteiger partial charge in [-0.25, -0.2) is 8.78 Å². The highest BCUT2D eigenvalue weighted by molar-refractivity contribution is 6.08. The summed E-state index contributed by atoms with van der Waals surface area (Å²) in [7, 11) is 3.00. The number of benzene rings is 3. The van der Waals surface area contributed by atoms with Crippen LogP contribution in [0.2, 0.25) is 0 Å². The molecule has 1 amide bonds. The molecule has 9 heteroatoms. The Hall–Kier alpha value is -4.14. The Kier molecular flexibility index (Phi) is 5.89. The smallest absolute Gasteiger partial charge is 0.257 e. The number of rotatable bonds is 7. The number of nitrogens with zero attached hydrogens (tertiary/aromatic N) is 1. The van der Waals surface area contributed by atoms with Gasteiger partial charge in [0.1, 0.15) is 24.0 Å². The third-order valence-corrected chi connectivity index (χ3v) is 4.74. The molecule has 0 aliphatic rings. The number of aromatic nitrogens is 2. The molecule has 1 aromatic heterocycles. The number of nitrogens with one attached hydrogen (secondary N) is 2. The van der Waals surface area contributed by atoms with Crippen LogP contribution in [-0.2, 0) is 6.61 Å². The standard InChI is InChI=1S/C23H19F2N3O4/c1-30-20-6-3-14(9-21(20)31-2)23(29)26-22-18-11-17(4-5-19(18)27-28-22)32-12-13-7-15(24)10-16(25)8-13/h3-11H,12H2,1-2H3,(H2,26,27,28,29). The summed E-state index contributed by atoms with van der Waals surface area (Å²) < 4.78 is 42.8. The Morgan fingerprint density at radius 2 is 1.72 bits per heavy atom. The summed E-state index contributed by atoms with van der Waals surface area (Å²) in [5.41, 5.74) is 1.40. The van der Waals surface area contributed by atoms with Gasteiger partial charge >= 0.3 is 0 Å². The van der Waals surface area contributed by atoms with E-state index < -0.39 is 11.6 Å². The van der Waals surface area contributed by atoms with Crippen molar-refractivity contribution in [2.75, 3.05) is 19.5 Å². The van der Waals surface area contributed by atoms with Gasteiger partial charge in [0.05, 0.1) is 19.7 Å². The predicted octanol–water partition coefficient (Wildman–Crippen LogP) is 4.69. The van der Waals surface area contributed by atoms with Crippen molar-refractivity contribution in [3.8, 4) is 17.2 Å². The van der Waals surface area contributed by atoms with E-state index in [1.807, 2.05) is 0 Å². The molecule has 4 rings (SSSR count). The third-order valence-electron chi connectivity index (χ3n) is 4.74. The fraction of sp³-hybridized carbons (Fsp3) is 0.130. The molecular weight excluding hydrogens is 420 g/mol. The van der Waals surface area contributed by atoms with Crippen LogP contribution >= 0.6 is 0 Å². The van der Waals surface area contributed by atoms with Gasteiger partial charge in [-0.2, -0.15) is 5.10 Å². The van der Waals surface area contributed by atoms with Gasteiger partial charge in [0.25, 0.3) is 5.91 Å². The lowest BCUT2D eigenvalue weighted by molar-refractivity contribution is 0.102. The molecule has 32 heavy (non-hydrogen) atoms. The lowest BCUT2D eigenvalue weighted by Gasteiger charge is -2.10. The van der Waals surface area contributed by atoms with Crippen LogP contribution in [0.3, 0.4) is 0 Å². The van der Waals surface area contributed by atoms with Gasteiger partial charge in [0, 0.05) is 17.0 Å². The number of aromatic amines is 1. The van der Waals surface area contributed by atoms with E-state index >= 15 is 0 Å². The number of amides is 1. The Morgan fingerprint density at radius 3 is 2.44 bits per heavy atom. The molecule has 0 aliphatic carbocycles. The van der Waals surface area contributed by atoms with Gasteiger partial charge in [-0.15, -0.1) is 0 Å². The molecule has 7 nitrogen and oxygen atoms in total. The van der Waals surface area contributed by atoms with Crippen LogP contribution in [0.4, 0.5) is 14.6 Å². The number of hydrogen-bond donors (Lipinski definition) is 2. The van der Waals surface area contributed by atoms with E-state index in [0.717, 1.165) is 6.07 Å². The van der Waals surface area contributed by atoms with Crippen LogP contribution in [0.15, 0.2) is 54.6 Å². The van der Waals surface area contributed by atoms with Gasteiger partial charge in [-0.05, 0) is 54.1 Å². The van der Waals surface area contributed by atoms with Crippen molar-refractivity contribution in [3.63, 3.8) is 0 Å². The zero-order valence-corrected chi connectivity index (χ0v) is 17.2. The number of anilines is 1. The third kappa shape index (κ3) is 4.46. The first-order valence-electron chi connectivity index (χ1n) is 9.56. The Balaban J connectivity index is 1.53. The second-order valence-electron chi connectivity index (χ2n) is 6.87. The molecule has 164 valence electrons. The average molecular weight is 439 g/mol. The van der Waals surface area contributed by atoms with Gasteiger partial charge in [0.15, 0.2) is 17.3 Å². The van der Waals surface area contributed by atoms with E-state index in [9.17, 15) is 13.6 Å². The normalized spacial score (nSPS) is 10.8. The summed E-state index contributed by atoms with van der Waals surface area (Å²) in [6, 6.07) is 13.1. The fourth-order valence-electron chi connectivity index (χ4n) is 3.20. The van der Waals surface area contributed by atoms with Crippen molar-refractivity contribution in [1.82, 2.24) is 10.2 Å². The maximum Gasteiger partial charge on any atom is 0.257 e. The maximum atomic E-state index is 13.4. The number of H-pyrrole nitrogens is 1. The van der Waals surface area contributed by atoms with E-state index in [1.54, 1.807) is 36.4 Å². The molecule has 0 unspecified atom stereocenters. The first kappa shape index (κ1) is 21.1. The first-order valence-corrected chi connectivity index (χ1v) is 9.56. The number of fused-ring (bicyclic) bond motifs is 1. The minimum absolute atomic E-state index is 0.0224. The van der Waals surface area contributed by atoms with E-state index in [2.05, 4.69) is 15.5 Å². The Bertz CT molecular complexity index is 1270. The van der Waals surface area contributed by atoms with Crippen LogP contribution in [0.1, 0.15) is 15.9 Å². The lowest BCUT2D eigenvalue weighted by Crippen LogP contribution is -2.12. The summed E-state index contributed by atoms with van der Waals surface area (Å²) in [5.74, 6) is -0.0398. The summed E-state index contributed by atoms with van der Waals surface area (Å²) >= 11 is 0. The number of hydrogen-bond acceptors (Lipinski definition) is 5. The highest BCUT2D eigenvalue weighted by Crippen LogP contribution is 2.29. The van der Waals surface area contributed by atoms with E-state index in [1.165, 1.54) is 26.4 Å². The minimum atomic E-state index is -0.672. The molecule has 0 saturated carbocycles. The molecule has 0 saturated heterocycles. The number of methoxy groups -OCH3 is 2. The highest BCUT2D eigenvalue weighted by Gasteiger charge is 2.15. The molecule has 2 N–H and O–H groups in total. The molecule has 3 aromatic carbocycles. The van der Waals surface area contributed by atoms with Crippen molar-refractivity contribution in [1.29, 1.82) is 0 Å². The fourth-order valence-corrected chi connectivity index (χ4v) is 3.20. The summed E-state index contributed by atoms with van der Waals surface area (Å²) in [6.07, 6.45) is 0. The molecule has 0 atom stereocenters. The molecule has 0 spiro atoms. The summed E-state index contributed by atoms with van der Waals surface area (Å²) in [5, 5.41) is 10.4. The zero-order valence-electron chi connectivity index (χ0n) is 17.2. The SMILES string of the molecule is COc1ccc(C(=O)Nc2n[nH]c3ccc(OCc4cc(F)cc(F)c4)cc23)cc1OC. The molecule has 0 radical (unpaired) electrons. The molecule has 1 heterocycles. The topological polar surface area (TPSA) is 85.5 Å². The zero-order chi connectivity index (χ0) is 22.7. The van der Waals surface area contributed by atoms with Gasteiger partial charge in [-0.1, -0.05) is 0 Å². The van der Waals surface area contributed by atoms with Crippen molar-refractivity contribution in [2.24, 2.45) is 0 Å². The quantitative estimate of drug-likeness (QED) is 0.436. The van der Waals surface area contributed by atoms with E-state index in [0.29, 0.717) is 45.1 Å². The minimum Gasteiger partial charge on any atom is -0.493 e. The van der Waals surface area contributed by atoms with Gasteiger partial charge < -0.3 is 19.5 Å². The van der Waals surface area contributed by atoms with Crippen molar-refractivity contribution < 1.29 is 27.8 Å². The number of carbonyl (C=O) groups excluding carboxylic acids is 1. The van der Waals surface area contributed by atoms with E-state index in [-0.39, 0.29) is 12.5 Å². The van der Waals surface area contributed by atoms with Crippen LogP contribution < -0.4 is 19.5 Å². The largest absolute Gasteiger partial charge is 0.493 e. The second kappa shape index (κ2) is 8.93. The maximum absolute atomic E-state index is 13.4. The number of halogens is 2. The van der Waals surface area contributed by atoms with Crippen molar-refractivity contribution in [3.05, 3.63) is 77.4 Å². The van der Waals surface area contributed by atoms with Gasteiger partial charge in [0.2, 0.25) is 0 Å². The highest BCUT2D eigenvalue weighted by atomic mass is 19.1. The predicted molar refractivity (Wildman–Crippen MR) is 114 cm³/mol. The van der Waals surface area contributed by atoms with E-state index in [4.69, 9.17) is 14.2 Å². The number of carbonyl (C=O) groups is 1. The summed E-state index contributed by atoms with van der Waals surface area (Å²) in [6.45, 7) is -0.0224. The summed E-state index contributed by atoms with van der Waals surface area (Å²) in [4.78, 5) is 12.7. The van der Waals surface area contributed by atoms with Crippen molar-refractivity contribution in [2.45, 2.75) is 6.61 Å². The van der Waals surface area contributed by atoms with Crippen LogP contribution in [-0.4, -0.2) is 30.3 Å². The molecule has 4 aromatic rings. The van der Waals surface area contributed by atoms with Crippen LogP contribution in [0, 0.1) is 11.6 Å². The lowest BCUT2D eigenvalue weighted by atomic mass is 10.1. The Labute approximate surface area is 181 Å². The van der Waals surface area contributed by atoms with Crippen molar-refractivity contribution >= 4 is 22.6 Å². The second-order valence-corrected chi connectivity index (χ2v) is 6.87. The first-order chi connectivity index (χ1) is 15.5. The van der Waals surface area contributed by atoms with Crippen LogP contribution in [0.5, 0.6) is 17.2 Å². The number of ether oxygens (including phenoxy) is 3.